The maximum absolute atomic E-state index is 13.1. The van der Waals surface area contributed by atoms with Gasteiger partial charge in [-0.25, -0.2) is 0 Å². The monoisotopic (exact) mass is 455 g/mol. The molecule has 1 N–H and O–H groups in total. The van der Waals surface area contributed by atoms with Gasteiger partial charge in [0.25, 0.3) is 0 Å². The maximum atomic E-state index is 13.1. The lowest BCUT2D eigenvalue weighted by atomic mass is 9.83. The second kappa shape index (κ2) is 10.3. The normalized spacial score (nSPS) is 19.9. The van der Waals surface area contributed by atoms with Crippen molar-refractivity contribution in [2.24, 2.45) is 5.92 Å². The Kier molecular flexibility index (Phi) is 7.65. The molecule has 0 amide bonds. The highest BCUT2D eigenvalue weighted by atomic mass is 19.4. The van der Waals surface area contributed by atoms with Crippen LogP contribution in [0.1, 0.15) is 60.5 Å². The van der Waals surface area contributed by atoms with Crippen molar-refractivity contribution in [1.82, 2.24) is 4.90 Å². The molecule has 0 aromatic heterocycles. The number of hydrogen-bond acceptors (Lipinski definition) is 2. The standard InChI is InChI=1S/C27H28F3NO2/c1-18(2)4-13-24(21-7-5-19(3)6-8-21)31-15-14-20(17-26(32)33)16-25(31)22-9-11-23(12-10-22)27(28,29)30/h5-12,20,24-25H,1,14-17H2,2-3H3,(H,32,33)/t20-,24-,25+/m1/s1. The summed E-state index contributed by atoms with van der Waals surface area (Å²) in [4.78, 5) is 13.5. The van der Waals surface area contributed by atoms with Crippen molar-refractivity contribution in [3.63, 3.8) is 0 Å². The average Bonchev–Trinajstić information content (AvgIpc) is 2.74. The number of carboxylic acids is 1. The van der Waals surface area contributed by atoms with Gasteiger partial charge in [0.15, 0.2) is 0 Å². The number of likely N-dealkylation sites (tertiary alicyclic amines) is 1. The molecule has 174 valence electrons. The van der Waals surface area contributed by atoms with Gasteiger partial charge in [0.1, 0.15) is 0 Å². The smallest absolute Gasteiger partial charge is 0.416 e. The van der Waals surface area contributed by atoms with Crippen LogP contribution in [0.3, 0.4) is 0 Å². The number of nitrogens with zero attached hydrogens (tertiary/aromatic N) is 1. The van der Waals surface area contributed by atoms with Gasteiger partial charge in [0, 0.05) is 19.0 Å². The zero-order valence-electron chi connectivity index (χ0n) is 18.8. The van der Waals surface area contributed by atoms with Crippen molar-refractivity contribution < 1.29 is 23.1 Å². The van der Waals surface area contributed by atoms with Crippen LogP contribution in [-0.2, 0) is 11.0 Å². The first-order valence-corrected chi connectivity index (χ1v) is 10.9. The Morgan fingerprint density at radius 2 is 1.82 bits per heavy atom. The molecule has 0 radical (unpaired) electrons. The van der Waals surface area contributed by atoms with Crippen LogP contribution in [0.5, 0.6) is 0 Å². The Morgan fingerprint density at radius 3 is 2.36 bits per heavy atom. The van der Waals surface area contributed by atoms with Crippen LogP contribution < -0.4 is 0 Å². The SMILES string of the molecule is C=C(C)C#C[C@H](c1ccc(C)cc1)N1CC[C@@H](CC(=O)O)C[C@H]1c1ccc(C(F)(F)F)cc1. The van der Waals surface area contributed by atoms with Gasteiger partial charge in [-0.15, -0.1) is 0 Å². The lowest BCUT2D eigenvalue weighted by molar-refractivity contribution is -0.139. The Labute approximate surface area is 192 Å². The molecule has 1 aliphatic rings. The van der Waals surface area contributed by atoms with Crippen molar-refractivity contribution in [3.05, 3.63) is 82.9 Å². The largest absolute Gasteiger partial charge is 0.481 e. The summed E-state index contributed by atoms with van der Waals surface area (Å²) in [7, 11) is 0. The van der Waals surface area contributed by atoms with Crippen LogP contribution in [0.2, 0.25) is 0 Å². The summed E-state index contributed by atoms with van der Waals surface area (Å²) < 4.78 is 39.3. The number of allylic oxidation sites excluding steroid dienone is 1. The number of carbonyl (C=O) groups is 1. The molecule has 3 nitrogen and oxygen atoms in total. The number of hydrogen-bond donors (Lipinski definition) is 1. The van der Waals surface area contributed by atoms with Gasteiger partial charge in [-0.1, -0.05) is 60.4 Å². The van der Waals surface area contributed by atoms with Crippen molar-refractivity contribution in [2.75, 3.05) is 6.54 Å². The summed E-state index contributed by atoms with van der Waals surface area (Å²) in [6, 6.07) is 12.7. The molecule has 3 rings (SSSR count). The van der Waals surface area contributed by atoms with E-state index in [1.165, 1.54) is 12.1 Å². The average molecular weight is 456 g/mol. The Balaban J connectivity index is 2.02. The van der Waals surface area contributed by atoms with E-state index in [2.05, 4.69) is 23.3 Å². The molecule has 6 heteroatoms. The molecule has 1 heterocycles. The Morgan fingerprint density at radius 1 is 1.18 bits per heavy atom. The van der Waals surface area contributed by atoms with E-state index in [-0.39, 0.29) is 24.4 Å². The first-order valence-electron chi connectivity index (χ1n) is 10.9. The number of halogens is 3. The number of aliphatic carboxylic acids is 1. The van der Waals surface area contributed by atoms with Crippen LogP contribution >= 0.6 is 0 Å². The molecule has 1 saturated heterocycles. The summed E-state index contributed by atoms with van der Waals surface area (Å²) in [6.07, 6.45) is -3.15. The highest BCUT2D eigenvalue weighted by molar-refractivity contribution is 5.67. The third-order valence-corrected chi connectivity index (χ3v) is 5.99. The first-order chi connectivity index (χ1) is 15.5. The minimum atomic E-state index is -4.41. The van der Waals surface area contributed by atoms with Crippen molar-refractivity contribution in [1.29, 1.82) is 0 Å². The van der Waals surface area contributed by atoms with Crippen LogP contribution in [0.15, 0.2) is 60.7 Å². The van der Waals surface area contributed by atoms with Gasteiger partial charge in [0.05, 0.1) is 11.6 Å². The summed E-state index contributed by atoms with van der Waals surface area (Å²) in [6.45, 7) is 8.29. The highest BCUT2D eigenvalue weighted by Gasteiger charge is 2.36. The third-order valence-electron chi connectivity index (χ3n) is 5.99. The molecule has 3 atom stereocenters. The summed E-state index contributed by atoms with van der Waals surface area (Å²) in [5, 5.41) is 9.30. The fraction of sp³-hybridized carbons (Fsp3) is 0.370. The van der Waals surface area contributed by atoms with Gasteiger partial charge in [-0.2, -0.15) is 13.2 Å². The van der Waals surface area contributed by atoms with Crippen molar-refractivity contribution in [2.45, 2.75) is 51.4 Å². The number of rotatable bonds is 5. The number of piperidine rings is 1. The van der Waals surface area contributed by atoms with E-state index >= 15 is 0 Å². The molecule has 0 saturated carbocycles. The number of benzene rings is 2. The summed E-state index contributed by atoms with van der Waals surface area (Å²) in [5.41, 5.74) is 2.85. The molecular weight excluding hydrogens is 427 g/mol. The van der Waals surface area contributed by atoms with Crippen LogP contribution in [-0.4, -0.2) is 22.5 Å². The molecular formula is C27H28F3NO2. The van der Waals surface area contributed by atoms with Crippen LogP contribution in [0.4, 0.5) is 13.2 Å². The lowest BCUT2D eigenvalue weighted by Crippen LogP contribution is -2.39. The highest BCUT2D eigenvalue weighted by Crippen LogP contribution is 2.41. The molecule has 2 aromatic carbocycles. The molecule has 1 aliphatic heterocycles. The van der Waals surface area contributed by atoms with E-state index < -0.39 is 17.7 Å². The van der Waals surface area contributed by atoms with Crippen LogP contribution in [0, 0.1) is 24.7 Å². The zero-order chi connectivity index (χ0) is 24.2. The molecule has 0 spiro atoms. The molecule has 1 fully saturated rings. The fourth-order valence-corrected chi connectivity index (χ4v) is 4.32. The number of aryl methyl sites for hydroxylation is 1. The minimum absolute atomic E-state index is 0.0393. The van der Waals surface area contributed by atoms with Crippen molar-refractivity contribution in [3.8, 4) is 11.8 Å². The van der Waals surface area contributed by atoms with Gasteiger partial charge in [-0.3, -0.25) is 9.69 Å². The predicted octanol–water partition coefficient (Wildman–Crippen LogP) is 6.56. The Hall–Kier alpha value is -3.04. The van der Waals surface area contributed by atoms with Gasteiger partial charge < -0.3 is 5.11 Å². The van der Waals surface area contributed by atoms with Crippen molar-refractivity contribution >= 4 is 5.97 Å². The van der Waals surface area contributed by atoms with Gasteiger partial charge in [-0.05, 0) is 61.4 Å². The minimum Gasteiger partial charge on any atom is -0.481 e. The van der Waals surface area contributed by atoms with E-state index in [1.54, 1.807) is 0 Å². The molecule has 2 aromatic rings. The van der Waals surface area contributed by atoms with Crippen LogP contribution in [0.25, 0.3) is 0 Å². The third kappa shape index (κ3) is 6.49. The predicted molar refractivity (Wildman–Crippen MR) is 122 cm³/mol. The van der Waals surface area contributed by atoms with Gasteiger partial charge >= 0.3 is 12.1 Å². The molecule has 0 aliphatic carbocycles. The topological polar surface area (TPSA) is 40.5 Å². The lowest BCUT2D eigenvalue weighted by Gasteiger charge is -2.42. The first kappa shape index (κ1) is 24.6. The number of alkyl halides is 3. The van der Waals surface area contributed by atoms with E-state index in [1.807, 2.05) is 38.1 Å². The van der Waals surface area contributed by atoms with E-state index in [0.29, 0.717) is 19.4 Å². The zero-order valence-corrected chi connectivity index (χ0v) is 18.8. The Bertz CT molecular complexity index is 1050. The van der Waals surface area contributed by atoms with E-state index in [9.17, 15) is 23.1 Å². The molecule has 0 bridgehead atoms. The second-order valence-electron chi connectivity index (χ2n) is 8.72. The second-order valence-corrected chi connectivity index (χ2v) is 8.72. The van der Waals surface area contributed by atoms with E-state index in [0.717, 1.165) is 34.4 Å². The number of carboxylic acid groups (broad SMARTS) is 1. The van der Waals surface area contributed by atoms with E-state index in [4.69, 9.17) is 0 Å². The summed E-state index contributed by atoms with van der Waals surface area (Å²) in [5.74, 6) is 5.45. The summed E-state index contributed by atoms with van der Waals surface area (Å²) >= 11 is 0. The molecule has 0 unspecified atom stereocenters. The molecule has 33 heavy (non-hydrogen) atoms. The quantitative estimate of drug-likeness (QED) is 0.519. The fourth-order valence-electron chi connectivity index (χ4n) is 4.32. The maximum Gasteiger partial charge on any atom is 0.416 e. The van der Waals surface area contributed by atoms with Gasteiger partial charge in [0.2, 0.25) is 0 Å².